The third-order valence-electron chi connectivity index (χ3n) is 3.66. The number of hydrogen-bond acceptors (Lipinski definition) is 2. The van der Waals surface area contributed by atoms with E-state index in [0.29, 0.717) is 6.04 Å². The minimum absolute atomic E-state index is 0.389. The van der Waals surface area contributed by atoms with Crippen molar-refractivity contribution < 1.29 is 0 Å². The molecular weight excluding hydrogens is 222 g/mol. The van der Waals surface area contributed by atoms with E-state index in [1.807, 2.05) is 6.92 Å². The van der Waals surface area contributed by atoms with E-state index in [9.17, 15) is 0 Å². The third kappa shape index (κ3) is 1.90. The Morgan fingerprint density at radius 3 is 2.89 bits per heavy atom. The smallest absolute Gasteiger partial charge is 0.203 e. The van der Waals surface area contributed by atoms with E-state index in [1.54, 1.807) is 0 Å². The van der Waals surface area contributed by atoms with Gasteiger partial charge in [0.1, 0.15) is 0 Å². The predicted molar refractivity (Wildman–Crippen MR) is 73.9 cm³/mol. The number of nitrogens with one attached hydrogen (secondary N) is 1. The minimum Gasteiger partial charge on any atom is -0.349 e. The number of aromatic nitrogens is 2. The molecule has 0 amide bonds. The summed E-state index contributed by atoms with van der Waals surface area (Å²) >= 11 is 0. The van der Waals surface area contributed by atoms with Crippen LogP contribution in [0.3, 0.4) is 0 Å². The molecule has 3 rings (SSSR count). The molecule has 0 spiro atoms. The van der Waals surface area contributed by atoms with Crippen molar-refractivity contribution in [2.24, 2.45) is 0 Å². The topological polar surface area (TPSA) is 29.9 Å². The molecule has 0 radical (unpaired) electrons. The first kappa shape index (κ1) is 11.3. The van der Waals surface area contributed by atoms with Gasteiger partial charge in [0.05, 0.1) is 11.7 Å². The van der Waals surface area contributed by atoms with Gasteiger partial charge in [-0.15, -0.1) is 0 Å². The van der Waals surface area contributed by atoms with Gasteiger partial charge in [-0.2, -0.15) is 0 Å². The SMILES string of the molecule is Cc1ccc(C2CCn3cc(C)nc3N2)c(C)c1. The Balaban J connectivity index is 1.91. The summed E-state index contributed by atoms with van der Waals surface area (Å²) in [5.74, 6) is 1.00. The molecule has 1 atom stereocenters. The number of aryl methyl sites for hydroxylation is 4. The number of benzene rings is 1. The second-order valence-electron chi connectivity index (χ2n) is 5.24. The van der Waals surface area contributed by atoms with Crippen LogP contribution < -0.4 is 5.32 Å². The highest BCUT2D eigenvalue weighted by Gasteiger charge is 2.21. The second kappa shape index (κ2) is 4.16. The van der Waals surface area contributed by atoms with Crippen LogP contribution in [0.2, 0.25) is 0 Å². The van der Waals surface area contributed by atoms with E-state index in [4.69, 9.17) is 0 Å². The van der Waals surface area contributed by atoms with Crippen LogP contribution in [0.5, 0.6) is 0 Å². The normalized spacial score (nSPS) is 18.3. The highest BCUT2D eigenvalue weighted by molar-refractivity contribution is 5.40. The van der Waals surface area contributed by atoms with Gasteiger partial charge in [0.25, 0.3) is 0 Å². The first-order chi connectivity index (χ1) is 8.63. The van der Waals surface area contributed by atoms with E-state index in [-0.39, 0.29) is 0 Å². The summed E-state index contributed by atoms with van der Waals surface area (Å²) in [4.78, 5) is 4.53. The van der Waals surface area contributed by atoms with Gasteiger partial charge in [0.15, 0.2) is 0 Å². The van der Waals surface area contributed by atoms with Crippen molar-refractivity contribution in [1.29, 1.82) is 0 Å². The molecule has 0 saturated heterocycles. The van der Waals surface area contributed by atoms with E-state index < -0.39 is 0 Å². The molecule has 0 aliphatic carbocycles. The fourth-order valence-corrected chi connectivity index (χ4v) is 2.78. The zero-order chi connectivity index (χ0) is 12.7. The Morgan fingerprint density at radius 1 is 1.28 bits per heavy atom. The molecule has 1 unspecified atom stereocenters. The largest absolute Gasteiger partial charge is 0.349 e. The van der Waals surface area contributed by atoms with Gasteiger partial charge in [-0.3, -0.25) is 0 Å². The number of anilines is 1. The first-order valence-corrected chi connectivity index (χ1v) is 6.51. The lowest BCUT2D eigenvalue weighted by Gasteiger charge is -2.27. The average Bonchev–Trinajstić information content (AvgIpc) is 2.68. The van der Waals surface area contributed by atoms with E-state index in [0.717, 1.165) is 24.6 Å². The molecule has 2 heterocycles. The van der Waals surface area contributed by atoms with Crippen LogP contribution in [0.15, 0.2) is 24.4 Å². The highest BCUT2D eigenvalue weighted by atomic mass is 15.2. The van der Waals surface area contributed by atoms with Crippen molar-refractivity contribution in [3.63, 3.8) is 0 Å². The van der Waals surface area contributed by atoms with Crippen molar-refractivity contribution in [2.45, 2.75) is 39.8 Å². The number of rotatable bonds is 1. The zero-order valence-electron chi connectivity index (χ0n) is 11.2. The molecule has 94 valence electrons. The van der Waals surface area contributed by atoms with Crippen molar-refractivity contribution in [1.82, 2.24) is 9.55 Å². The van der Waals surface area contributed by atoms with Crippen LogP contribution in [-0.2, 0) is 6.54 Å². The third-order valence-corrected chi connectivity index (χ3v) is 3.66. The summed E-state index contributed by atoms with van der Waals surface area (Å²) in [6, 6.07) is 7.08. The van der Waals surface area contributed by atoms with E-state index in [1.165, 1.54) is 16.7 Å². The fraction of sp³-hybridized carbons (Fsp3) is 0.400. The summed E-state index contributed by atoms with van der Waals surface area (Å²) in [5, 5.41) is 3.55. The molecular formula is C15H19N3. The summed E-state index contributed by atoms with van der Waals surface area (Å²) in [6.07, 6.45) is 3.23. The van der Waals surface area contributed by atoms with Gasteiger partial charge < -0.3 is 9.88 Å². The van der Waals surface area contributed by atoms with Gasteiger partial charge in [-0.05, 0) is 38.3 Å². The van der Waals surface area contributed by atoms with Crippen molar-refractivity contribution in [2.75, 3.05) is 5.32 Å². The predicted octanol–water partition coefficient (Wildman–Crippen LogP) is 3.37. The molecule has 3 nitrogen and oxygen atoms in total. The van der Waals surface area contributed by atoms with Crippen LogP contribution in [0.4, 0.5) is 5.95 Å². The standard InChI is InChI=1S/C15H19N3/c1-10-4-5-13(11(2)8-10)14-6-7-18-9-12(3)16-15(18)17-14/h4-5,8-9,14H,6-7H2,1-3H3,(H,16,17). The van der Waals surface area contributed by atoms with Gasteiger partial charge in [-0.25, -0.2) is 4.98 Å². The van der Waals surface area contributed by atoms with Crippen LogP contribution in [0.1, 0.15) is 34.8 Å². The molecule has 2 aromatic rings. The van der Waals surface area contributed by atoms with Crippen LogP contribution in [0.25, 0.3) is 0 Å². The first-order valence-electron chi connectivity index (χ1n) is 6.51. The number of imidazole rings is 1. The lowest BCUT2D eigenvalue weighted by Crippen LogP contribution is -2.22. The summed E-state index contributed by atoms with van der Waals surface area (Å²) < 4.78 is 2.20. The maximum absolute atomic E-state index is 4.53. The minimum atomic E-state index is 0.389. The highest BCUT2D eigenvalue weighted by Crippen LogP contribution is 2.30. The van der Waals surface area contributed by atoms with Crippen molar-refractivity contribution in [3.05, 3.63) is 46.8 Å². The quantitative estimate of drug-likeness (QED) is 0.829. The lowest BCUT2D eigenvalue weighted by atomic mass is 9.96. The van der Waals surface area contributed by atoms with Crippen molar-refractivity contribution in [3.8, 4) is 0 Å². The average molecular weight is 241 g/mol. The summed E-state index contributed by atoms with van der Waals surface area (Å²) in [6.45, 7) is 7.41. The van der Waals surface area contributed by atoms with Crippen LogP contribution in [-0.4, -0.2) is 9.55 Å². The van der Waals surface area contributed by atoms with E-state index in [2.05, 4.69) is 53.1 Å². The number of hydrogen-bond donors (Lipinski definition) is 1. The Hall–Kier alpha value is -1.77. The molecule has 0 bridgehead atoms. The number of fused-ring (bicyclic) bond motifs is 1. The molecule has 1 aliphatic heterocycles. The van der Waals surface area contributed by atoms with Crippen LogP contribution in [0, 0.1) is 20.8 Å². The fourth-order valence-electron chi connectivity index (χ4n) is 2.78. The lowest BCUT2D eigenvalue weighted by molar-refractivity contribution is 0.541. The monoisotopic (exact) mass is 241 g/mol. The molecule has 1 aromatic carbocycles. The van der Waals surface area contributed by atoms with E-state index >= 15 is 0 Å². The Labute approximate surface area is 108 Å². The molecule has 1 aromatic heterocycles. The zero-order valence-corrected chi connectivity index (χ0v) is 11.2. The Morgan fingerprint density at radius 2 is 2.11 bits per heavy atom. The van der Waals surface area contributed by atoms with Gasteiger partial charge in [-0.1, -0.05) is 23.8 Å². The Kier molecular flexibility index (Phi) is 2.62. The summed E-state index contributed by atoms with van der Waals surface area (Å²) in [7, 11) is 0. The van der Waals surface area contributed by atoms with Gasteiger partial charge in [0.2, 0.25) is 5.95 Å². The van der Waals surface area contributed by atoms with Gasteiger partial charge in [0, 0.05) is 12.7 Å². The van der Waals surface area contributed by atoms with Gasteiger partial charge >= 0.3 is 0 Å². The second-order valence-corrected chi connectivity index (χ2v) is 5.24. The molecule has 0 saturated carbocycles. The molecule has 0 fully saturated rings. The molecule has 18 heavy (non-hydrogen) atoms. The van der Waals surface area contributed by atoms with Crippen molar-refractivity contribution >= 4 is 5.95 Å². The molecule has 3 heteroatoms. The maximum Gasteiger partial charge on any atom is 0.203 e. The number of nitrogens with zero attached hydrogens (tertiary/aromatic N) is 2. The van der Waals surface area contributed by atoms with Crippen LogP contribution >= 0.6 is 0 Å². The summed E-state index contributed by atoms with van der Waals surface area (Å²) in [5.41, 5.74) is 5.17. The maximum atomic E-state index is 4.53. The molecule has 1 aliphatic rings. The Bertz CT molecular complexity index is 583. The molecule has 1 N–H and O–H groups in total.